The number of nitrogens with zero attached hydrogens (tertiary/aromatic N) is 6. The molecule has 0 aliphatic carbocycles. The number of likely N-dealkylation sites (tertiary alicyclic amines) is 1. The summed E-state index contributed by atoms with van der Waals surface area (Å²) in [4.78, 5) is 11.6. The summed E-state index contributed by atoms with van der Waals surface area (Å²) in [5.41, 5.74) is 4.19. The molecule has 130 valence electrons. The van der Waals surface area contributed by atoms with Crippen LogP contribution in [0.1, 0.15) is 18.4 Å². The van der Waals surface area contributed by atoms with Crippen molar-refractivity contribution in [1.29, 1.82) is 0 Å². The van der Waals surface area contributed by atoms with Gasteiger partial charge in [-0.25, -0.2) is 14.5 Å². The molecule has 4 heterocycles. The van der Waals surface area contributed by atoms with Crippen LogP contribution in [0.25, 0.3) is 22.7 Å². The summed E-state index contributed by atoms with van der Waals surface area (Å²) in [5.74, 6) is 0.858. The van der Waals surface area contributed by atoms with E-state index >= 15 is 0 Å². The van der Waals surface area contributed by atoms with E-state index in [0.29, 0.717) is 0 Å². The zero-order valence-electron chi connectivity index (χ0n) is 14.5. The normalized spacial score (nSPS) is 15.1. The maximum Gasteiger partial charge on any atom is 0.165 e. The Labute approximate surface area is 151 Å². The molecule has 0 unspecified atom stereocenters. The van der Waals surface area contributed by atoms with Crippen molar-refractivity contribution in [2.75, 3.05) is 13.1 Å². The van der Waals surface area contributed by atoms with Gasteiger partial charge in [-0.05, 0) is 49.7 Å². The molecule has 4 aromatic rings. The Hall–Kier alpha value is -2.99. The standard InChI is InChI=1S/C20H20N6/c1-2-10-24(9-1)15-16-5-3-6-17(13-16)25-12-8-22-19(25)18-14-23-26-11-4-7-21-20(18)26/h3-8,11-14H,1-2,9-10,15H2. The van der Waals surface area contributed by atoms with E-state index < -0.39 is 0 Å². The summed E-state index contributed by atoms with van der Waals surface area (Å²) in [5, 5.41) is 4.39. The predicted molar refractivity (Wildman–Crippen MR) is 100 cm³/mol. The Balaban J connectivity index is 1.53. The molecule has 1 aromatic carbocycles. The molecule has 1 aliphatic heterocycles. The van der Waals surface area contributed by atoms with Gasteiger partial charge in [0.2, 0.25) is 0 Å². The lowest BCUT2D eigenvalue weighted by Crippen LogP contribution is -2.18. The van der Waals surface area contributed by atoms with E-state index in [1.54, 1.807) is 10.7 Å². The highest BCUT2D eigenvalue weighted by Gasteiger charge is 2.15. The number of hydrogen-bond donors (Lipinski definition) is 0. The number of imidazole rings is 1. The SMILES string of the molecule is c1cc(CN2CCCC2)cc(-n2ccnc2-c2cnn3cccnc23)c1. The summed E-state index contributed by atoms with van der Waals surface area (Å²) in [6.07, 6.45) is 12.0. The van der Waals surface area contributed by atoms with Gasteiger partial charge in [-0.2, -0.15) is 5.10 Å². The van der Waals surface area contributed by atoms with E-state index in [9.17, 15) is 0 Å². The fourth-order valence-corrected chi connectivity index (χ4v) is 3.70. The Morgan fingerprint density at radius 1 is 0.962 bits per heavy atom. The minimum absolute atomic E-state index is 0.813. The number of fused-ring (bicyclic) bond motifs is 1. The van der Waals surface area contributed by atoms with Gasteiger partial charge < -0.3 is 0 Å². The summed E-state index contributed by atoms with van der Waals surface area (Å²) in [7, 11) is 0. The van der Waals surface area contributed by atoms with Gasteiger partial charge in [-0.1, -0.05) is 12.1 Å². The maximum atomic E-state index is 4.58. The van der Waals surface area contributed by atoms with Gasteiger partial charge in [0.25, 0.3) is 0 Å². The molecule has 0 bridgehead atoms. The maximum absolute atomic E-state index is 4.58. The van der Waals surface area contributed by atoms with Gasteiger partial charge in [0.1, 0.15) is 5.82 Å². The molecule has 1 saturated heterocycles. The fraction of sp³-hybridized carbons (Fsp3) is 0.250. The van der Waals surface area contributed by atoms with Gasteiger partial charge in [-0.15, -0.1) is 0 Å². The molecule has 0 amide bonds. The zero-order valence-corrected chi connectivity index (χ0v) is 14.5. The van der Waals surface area contributed by atoms with Crippen molar-refractivity contribution in [3.05, 3.63) is 66.9 Å². The molecule has 0 saturated carbocycles. The lowest BCUT2D eigenvalue weighted by Gasteiger charge is -2.15. The van der Waals surface area contributed by atoms with Crippen molar-refractivity contribution in [1.82, 2.24) is 29.0 Å². The number of benzene rings is 1. The summed E-state index contributed by atoms with van der Waals surface area (Å²) >= 11 is 0. The molecule has 0 spiro atoms. The van der Waals surface area contributed by atoms with Crippen molar-refractivity contribution in [3.8, 4) is 17.1 Å². The summed E-state index contributed by atoms with van der Waals surface area (Å²) in [6, 6.07) is 10.6. The second-order valence-electron chi connectivity index (χ2n) is 6.72. The van der Waals surface area contributed by atoms with Crippen LogP contribution in [0.5, 0.6) is 0 Å². The van der Waals surface area contributed by atoms with Gasteiger partial charge >= 0.3 is 0 Å². The van der Waals surface area contributed by atoms with E-state index in [1.165, 1.54) is 31.5 Å². The molecule has 1 aliphatic rings. The molecule has 3 aromatic heterocycles. The molecule has 0 radical (unpaired) electrons. The highest BCUT2D eigenvalue weighted by atomic mass is 15.2. The highest BCUT2D eigenvalue weighted by molar-refractivity contribution is 5.73. The molecule has 0 atom stereocenters. The summed E-state index contributed by atoms with van der Waals surface area (Å²) < 4.78 is 3.89. The van der Waals surface area contributed by atoms with Crippen LogP contribution in [0, 0.1) is 0 Å². The first-order valence-electron chi connectivity index (χ1n) is 9.02. The number of aromatic nitrogens is 5. The second-order valence-corrected chi connectivity index (χ2v) is 6.72. The average Bonchev–Trinajstić information content (AvgIpc) is 3.42. The third kappa shape index (κ3) is 2.68. The molecule has 6 nitrogen and oxygen atoms in total. The van der Waals surface area contributed by atoms with Crippen molar-refractivity contribution < 1.29 is 0 Å². The van der Waals surface area contributed by atoms with E-state index in [1.807, 2.05) is 30.9 Å². The highest BCUT2D eigenvalue weighted by Crippen LogP contribution is 2.25. The average molecular weight is 344 g/mol. The second kappa shape index (κ2) is 6.38. The molecule has 5 rings (SSSR count). The van der Waals surface area contributed by atoms with Gasteiger partial charge in [-0.3, -0.25) is 9.47 Å². The van der Waals surface area contributed by atoms with E-state index in [-0.39, 0.29) is 0 Å². The number of rotatable bonds is 4. The number of hydrogen-bond acceptors (Lipinski definition) is 4. The molecule has 6 heteroatoms. The van der Waals surface area contributed by atoms with Crippen LogP contribution in [0.15, 0.2) is 61.3 Å². The Morgan fingerprint density at radius 3 is 2.81 bits per heavy atom. The topological polar surface area (TPSA) is 51.2 Å². The molecule has 0 N–H and O–H groups in total. The van der Waals surface area contributed by atoms with Crippen molar-refractivity contribution >= 4 is 5.65 Å². The lowest BCUT2D eigenvalue weighted by atomic mass is 10.2. The van der Waals surface area contributed by atoms with Crippen molar-refractivity contribution in [2.45, 2.75) is 19.4 Å². The largest absolute Gasteiger partial charge is 0.300 e. The Bertz CT molecular complexity index is 1040. The first-order chi connectivity index (χ1) is 12.9. The molecular formula is C20H20N6. The van der Waals surface area contributed by atoms with Gasteiger partial charge in [0.05, 0.1) is 11.8 Å². The minimum Gasteiger partial charge on any atom is -0.300 e. The van der Waals surface area contributed by atoms with Gasteiger partial charge in [0.15, 0.2) is 5.65 Å². The quantitative estimate of drug-likeness (QED) is 0.571. The van der Waals surface area contributed by atoms with E-state index in [4.69, 9.17) is 0 Å². The third-order valence-corrected chi connectivity index (χ3v) is 4.95. The van der Waals surface area contributed by atoms with Crippen molar-refractivity contribution in [2.24, 2.45) is 0 Å². The molecule has 1 fully saturated rings. The van der Waals surface area contributed by atoms with Gasteiger partial charge in [0, 0.05) is 37.0 Å². The van der Waals surface area contributed by atoms with Crippen LogP contribution < -0.4 is 0 Å². The van der Waals surface area contributed by atoms with Crippen molar-refractivity contribution in [3.63, 3.8) is 0 Å². The molecular weight excluding hydrogens is 324 g/mol. The minimum atomic E-state index is 0.813. The zero-order chi connectivity index (χ0) is 17.3. The predicted octanol–water partition coefficient (Wildman–Crippen LogP) is 3.18. The Kier molecular flexibility index (Phi) is 3.75. The fourth-order valence-electron chi connectivity index (χ4n) is 3.70. The first kappa shape index (κ1) is 15.3. The van der Waals surface area contributed by atoms with E-state index in [0.717, 1.165) is 29.3 Å². The van der Waals surface area contributed by atoms with Crippen LogP contribution >= 0.6 is 0 Å². The van der Waals surface area contributed by atoms with Crippen LogP contribution in [-0.2, 0) is 6.54 Å². The lowest BCUT2D eigenvalue weighted by molar-refractivity contribution is 0.331. The van der Waals surface area contributed by atoms with Crippen LogP contribution in [0.3, 0.4) is 0 Å². The third-order valence-electron chi connectivity index (χ3n) is 4.95. The molecule has 26 heavy (non-hydrogen) atoms. The monoisotopic (exact) mass is 344 g/mol. The summed E-state index contributed by atoms with van der Waals surface area (Å²) in [6.45, 7) is 3.42. The smallest absolute Gasteiger partial charge is 0.165 e. The first-order valence-corrected chi connectivity index (χ1v) is 9.02. The Morgan fingerprint density at radius 2 is 1.88 bits per heavy atom. The van der Waals surface area contributed by atoms with Crippen LogP contribution in [-0.4, -0.2) is 42.1 Å². The van der Waals surface area contributed by atoms with Crippen LogP contribution in [0.2, 0.25) is 0 Å². The van der Waals surface area contributed by atoms with Crippen LogP contribution in [0.4, 0.5) is 0 Å². The van der Waals surface area contributed by atoms with E-state index in [2.05, 4.69) is 48.8 Å².